The van der Waals surface area contributed by atoms with Gasteiger partial charge in [0.1, 0.15) is 23.5 Å². The summed E-state index contributed by atoms with van der Waals surface area (Å²) in [6.45, 7) is 1.61. The van der Waals surface area contributed by atoms with Crippen LogP contribution in [0.3, 0.4) is 0 Å². The van der Waals surface area contributed by atoms with Crippen molar-refractivity contribution in [3.05, 3.63) is 72.2 Å². The Hall–Kier alpha value is -4.54. The third-order valence-corrected chi connectivity index (χ3v) is 7.24. The smallest absolute Gasteiger partial charge is 0.267 e. The highest BCUT2D eigenvalue weighted by Crippen LogP contribution is 2.43. The molecule has 5 heterocycles. The number of amides is 1. The van der Waals surface area contributed by atoms with Crippen LogP contribution in [0, 0.1) is 0 Å². The first kappa shape index (κ1) is 22.6. The number of alkyl halides is 2. The summed E-state index contributed by atoms with van der Waals surface area (Å²) in [6.07, 6.45) is 4.88. The van der Waals surface area contributed by atoms with Crippen LogP contribution in [-0.2, 0) is 6.54 Å². The van der Waals surface area contributed by atoms with E-state index in [9.17, 15) is 13.6 Å². The standard InChI is InChI=1S/C27H23F2N7O2/c28-27(29)9-8-20(27)33-25(37)19-14-32-36-24(19)34-21(18-13-31-23-17(18)7-4-10-30-23)22-26(36)35(11-12-38-22)15-16-5-2-1-3-6-16/h1-7,10,13-14,20H,8-9,11-12,15H2,(H,30,31)(H,33,37). The molecule has 2 aliphatic rings. The molecule has 1 unspecified atom stereocenters. The molecular weight excluding hydrogens is 492 g/mol. The number of hydrogen-bond donors (Lipinski definition) is 2. The van der Waals surface area contributed by atoms with Gasteiger partial charge in [0.25, 0.3) is 11.8 Å². The number of hydrogen-bond acceptors (Lipinski definition) is 6. The number of carbonyl (C=O) groups excluding carboxylic acids is 1. The summed E-state index contributed by atoms with van der Waals surface area (Å²) in [5.41, 5.74) is 3.45. The molecule has 0 saturated heterocycles. The molecule has 1 saturated carbocycles. The second kappa shape index (κ2) is 8.51. The van der Waals surface area contributed by atoms with Crippen LogP contribution < -0.4 is 15.0 Å². The fraction of sp³-hybridized carbons (Fsp3) is 0.259. The van der Waals surface area contributed by atoms with E-state index in [1.54, 1.807) is 16.9 Å². The molecule has 1 aliphatic heterocycles. The molecule has 192 valence electrons. The predicted molar refractivity (Wildman–Crippen MR) is 136 cm³/mol. The monoisotopic (exact) mass is 515 g/mol. The molecule has 7 rings (SSSR count). The average molecular weight is 516 g/mol. The maximum Gasteiger partial charge on any atom is 0.267 e. The number of nitrogens with zero attached hydrogens (tertiary/aromatic N) is 5. The normalized spacial score (nSPS) is 18.2. The Morgan fingerprint density at radius 3 is 2.87 bits per heavy atom. The summed E-state index contributed by atoms with van der Waals surface area (Å²) in [4.78, 5) is 27.7. The number of rotatable bonds is 5. The minimum atomic E-state index is -2.91. The number of H-pyrrole nitrogens is 1. The number of halogens is 2. The zero-order valence-electron chi connectivity index (χ0n) is 20.2. The largest absolute Gasteiger partial charge is 0.486 e. The van der Waals surface area contributed by atoms with Crippen molar-refractivity contribution in [3.8, 4) is 17.0 Å². The van der Waals surface area contributed by atoms with Crippen LogP contribution in [0.1, 0.15) is 28.8 Å². The van der Waals surface area contributed by atoms with Gasteiger partial charge >= 0.3 is 0 Å². The molecule has 1 fully saturated rings. The zero-order valence-corrected chi connectivity index (χ0v) is 20.2. The third kappa shape index (κ3) is 3.57. The first-order valence-corrected chi connectivity index (χ1v) is 12.4. The van der Waals surface area contributed by atoms with Gasteiger partial charge in [0.05, 0.1) is 18.8 Å². The van der Waals surface area contributed by atoms with E-state index in [1.807, 2.05) is 42.5 Å². The lowest BCUT2D eigenvalue weighted by Crippen LogP contribution is -2.55. The SMILES string of the molecule is O=C(NC1CCC1(F)F)c1cnn2c3c(c(-c4c[nH]c5ncccc45)nc12)OCCN3Cc1ccccc1. The van der Waals surface area contributed by atoms with E-state index in [-0.39, 0.29) is 24.1 Å². The van der Waals surface area contributed by atoms with Crippen LogP contribution in [0.15, 0.2) is 61.1 Å². The van der Waals surface area contributed by atoms with Gasteiger partial charge in [0.15, 0.2) is 17.2 Å². The Bertz CT molecular complexity index is 1680. The number of aromatic amines is 1. The molecule has 5 aromatic rings. The zero-order chi connectivity index (χ0) is 25.9. The van der Waals surface area contributed by atoms with Gasteiger partial charge in [-0.3, -0.25) is 4.79 Å². The molecule has 0 spiro atoms. The highest BCUT2D eigenvalue weighted by molar-refractivity contribution is 6.02. The van der Waals surface area contributed by atoms with Crippen molar-refractivity contribution in [1.29, 1.82) is 0 Å². The van der Waals surface area contributed by atoms with Gasteiger partial charge in [-0.15, -0.1) is 0 Å². The quantitative estimate of drug-likeness (QED) is 0.364. The lowest BCUT2D eigenvalue weighted by atomic mass is 9.88. The van der Waals surface area contributed by atoms with Gasteiger partial charge in [-0.2, -0.15) is 9.61 Å². The molecule has 2 N–H and O–H groups in total. The topological polar surface area (TPSA) is 100 Å². The number of aromatic nitrogens is 5. The van der Waals surface area contributed by atoms with E-state index in [0.29, 0.717) is 42.6 Å². The summed E-state index contributed by atoms with van der Waals surface area (Å²) >= 11 is 0. The molecule has 9 nitrogen and oxygen atoms in total. The van der Waals surface area contributed by atoms with Gasteiger partial charge in [0, 0.05) is 36.3 Å². The van der Waals surface area contributed by atoms with E-state index in [1.165, 1.54) is 6.20 Å². The fourth-order valence-electron chi connectivity index (χ4n) is 5.11. The Labute approximate surface area is 215 Å². The Morgan fingerprint density at radius 2 is 2.08 bits per heavy atom. The Morgan fingerprint density at radius 1 is 1.21 bits per heavy atom. The molecular formula is C27H23F2N7O2. The molecule has 11 heteroatoms. The van der Waals surface area contributed by atoms with Crippen LogP contribution in [-0.4, -0.2) is 55.6 Å². The number of pyridine rings is 1. The second-order valence-corrected chi connectivity index (χ2v) is 9.59. The summed E-state index contributed by atoms with van der Waals surface area (Å²) in [5.74, 6) is -2.36. The number of benzene rings is 1. The molecule has 38 heavy (non-hydrogen) atoms. The first-order valence-electron chi connectivity index (χ1n) is 12.4. The van der Waals surface area contributed by atoms with Gasteiger partial charge in [-0.05, 0) is 24.1 Å². The average Bonchev–Trinajstić information content (AvgIpc) is 3.56. The highest BCUT2D eigenvalue weighted by atomic mass is 19.3. The number of carbonyl (C=O) groups is 1. The molecule has 1 amide bonds. The van der Waals surface area contributed by atoms with Gasteiger partial charge in [-0.25, -0.2) is 18.7 Å². The van der Waals surface area contributed by atoms with Gasteiger partial charge in [-0.1, -0.05) is 30.3 Å². The van der Waals surface area contributed by atoms with E-state index in [4.69, 9.17) is 9.72 Å². The summed E-state index contributed by atoms with van der Waals surface area (Å²) in [7, 11) is 0. The van der Waals surface area contributed by atoms with Gasteiger partial charge < -0.3 is 19.9 Å². The number of anilines is 1. The number of fused-ring (bicyclic) bond motifs is 4. The molecule has 1 aromatic carbocycles. The minimum Gasteiger partial charge on any atom is -0.486 e. The van der Waals surface area contributed by atoms with Crippen molar-refractivity contribution in [2.24, 2.45) is 0 Å². The van der Waals surface area contributed by atoms with Crippen molar-refractivity contribution in [2.75, 3.05) is 18.1 Å². The Balaban J connectivity index is 1.41. The van der Waals surface area contributed by atoms with Crippen LogP contribution in [0.4, 0.5) is 14.6 Å². The Kier molecular flexibility index (Phi) is 5.07. The van der Waals surface area contributed by atoms with Crippen molar-refractivity contribution in [3.63, 3.8) is 0 Å². The summed E-state index contributed by atoms with van der Waals surface area (Å²) in [6, 6.07) is 12.6. The lowest BCUT2D eigenvalue weighted by Gasteiger charge is -2.36. The van der Waals surface area contributed by atoms with Crippen LogP contribution >= 0.6 is 0 Å². The van der Waals surface area contributed by atoms with Gasteiger partial charge in [0.2, 0.25) is 0 Å². The van der Waals surface area contributed by atoms with E-state index >= 15 is 0 Å². The lowest BCUT2D eigenvalue weighted by molar-refractivity contribution is -0.102. The van der Waals surface area contributed by atoms with Crippen molar-refractivity contribution in [1.82, 2.24) is 29.9 Å². The summed E-state index contributed by atoms with van der Waals surface area (Å²) < 4.78 is 35.6. The molecule has 1 aliphatic carbocycles. The summed E-state index contributed by atoms with van der Waals surface area (Å²) in [5, 5.41) is 7.80. The maximum atomic E-state index is 13.9. The maximum absolute atomic E-state index is 13.9. The van der Waals surface area contributed by atoms with E-state index in [0.717, 1.165) is 16.5 Å². The fourth-order valence-corrected chi connectivity index (χ4v) is 5.11. The number of nitrogens with one attached hydrogen (secondary N) is 2. The number of ether oxygens (including phenoxy) is 1. The molecule has 0 bridgehead atoms. The molecule has 1 atom stereocenters. The molecule has 4 aromatic heterocycles. The van der Waals surface area contributed by atoms with Crippen LogP contribution in [0.25, 0.3) is 27.9 Å². The van der Waals surface area contributed by atoms with Crippen LogP contribution in [0.5, 0.6) is 5.75 Å². The van der Waals surface area contributed by atoms with E-state index < -0.39 is 17.9 Å². The molecule has 0 radical (unpaired) electrons. The minimum absolute atomic E-state index is 0.125. The van der Waals surface area contributed by atoms with Crippen molar-refractivity contribution < 1.29 is 18.3 Å². The van der Waals surface area contributed by atoms with Crippen LogP contribution in [0.2, 0.25) is 0 Å². The van der Waals surface area contributed by atoms with E-state index in [2.05, 4.69) is 25.3 Å². The highest BCUT2D eigenvalue weighted by Gasteiger charge is 2.49. The third-order valence-electron chi connectivity index (χ3n) is 7.24. The van der Waals surface area contributed by atoms with Crippen molar-refractivity contribution in [2.45, 2.75) is 31.4 Å². The van der Waals surface area contributed by atoms with Crippen molar-refractivity contribution >= 4 is 28.4 Å². The predicted octanol–water partition coefficient (Wildman–Crippen LogP) is 4.20. The second-order valence-electron chi connectivity index (χ2n) is 9.59. The first-order chi connectivity index (χ1) is 18.5.